The summed E-state index contributed by atoms with van der Waals surface area (Å²) < 4.78 is 64.8. The van der Waals surface area contributed by atoms with Gasteiger partial charge in [0.05, 0.1) is 17.5 Å². The smallest absolute Gasteiger partial charge is 0.336 e. The van der Waals surface area contributed by atoms with E-state index in [0.29, 0.717) is 19.5 Å². The summed E-state index contributed by atoms with van der Waals surface area (Å²) in [5, 5.41) is 0. The molecule has 29 heavy (non-hydrogen) atoms. The molecule has 0 spiro atoms. The van der Waals surface area contributed by atoms with Crippen molar-refractivity contribution >= 4 is 21.6 Å². The number of alkyl halides is 3. The summed E-state index contributed by atoms with van der Waals surface area (Å²) in [6.45, 7) is 2.14. The Kier molecular flexibility index (Phi) is 5.62. The molecule has 9 heteroatoms. The van der Waals surface area contributed by atoms with Crippen molar-refractivity contribution in [1.29, 1.82) is 0 Å². The zero-order valence-corrected chi connectivity index (χ0v) is 16.8. The Hall–Kier alpha value is -2.55. The van der Waals surface area contributed by atoms with E-state index in [4.69, 9.17) is 0 Å². The van der Waals surface area contributed by atoms with E-state index in [1.165, 1.54) is 13.0 Å². The summed E-state index contributed by atoms with van der Waals surface area (Å²) in [5.74, 6) is -0.456. The number of hydrogen-bond donors (Lipinski definition) is 0. The third-order valence-electron chi connectivity index (χ3n) is 4.94. The molecule has 0 fully saturated rings. The second-order valence-corrected chi connectivity index (χ2v) is 8.92. The first-order valence-corrected chi connectivity index (χ1v) is 10.9. The van der Waals surface area contributed by atoms with Crippen LogP contribution in [0.5, 0.6) is 0 Å². The minimum atomic E-state index is -4.62. The molecule has 3 rings (SSSR count). The van der Waals surface area contributed by atoms with Gasteiger partial charge >= 0.3 is 6.18 Å². The molecule has 0 bridgehead atoms. The van der Waals surface area contributed by atoms with Crippen molar-refractivity contribution in [3.8, 4) is 0 Å². The highest BCUT2D eigenvalue weighted by atomic mass is 32.2. The summed E-state index contributed by atoms with van der Waals surface area (Å²) in [6.07, 6.45) is -3.11. The molecule has 1 aliphatic rings. The Balaban J connectivity index is 1.91. The number of hydrogen-bond acceptors (Lipinski definition) is 3. The summed E-state index contributed by atoms with van der Waals surface area (Å²) in [5.41, 5.74) is 0.933. The second kappa shape index (κ2) is 7.70. The van der Waals surface area contributed by atoms with E-state index in [2.05, 4.69) is 0 Å². The second-order valence-electron chi connectivity index (χ2n) is 7.06. The third-order valence-corrected chi connectivity index (χ3v) is 6.18. The molecule has 0 aromatic heterocycles. The van der Waals surface area contributed by atoms with Crippen LogP contribution in [0, 0.1) is 0 Å². The average Bonchev–Trinajstić information content (AvgIpc) is 2.65. The SMILES string of the molecule is C[C@@H](C(=O)N1CCc2ccccc2C1)N(c1cccc(C(F)(F)F)c1)S(C)(=O)=O. The Morgan fingerprint density at radius 1 is 1.10 bits per heavy atom. The summed E-state index contributed by atoms with van der Waals surface area (Å²) in [6, 6.07) is 10.5. The van der Waals surface area contributed by atoms with Crippen LogP contribution in [0.4, 0.5) is 18.9 Å². The van der Waals surface area contributed by atoms with Crippen LogP contribution in [0.25, 0.3) is 0 Å². The van der Waals surface area contributed by atoms with E-state index in [-0.39, 0.29) is 5.69 Å². The lowest BCUT2D eigenvalue weighted by Crippen LogP contribution is -2.50. The van der Waals surface area contributed by atoms with Gasteiger partial charge in [0.15, 0.2) is 0 Å². The Morgan fingerprint density at radius 3 is 2.38 bits per heavy atom. The van der Waals surface area contributed by atoms with Crippen LogP contribution in [0.1, 0.15) is 23.6 Å². The van der Waals surface area contributed by atoms with E-state index in [0.717, 1.165) is 39.9 Å². The first-order valence-electron chi connectivity index (χ1n) is 9.00. The molecule has 0 aliphatic carbocycles. The zero-order chi connectivity index (χ0) is 21.4. The number of sulfonamides is 1. The Bertz CT molecular complexity index is 1020. The fraction of sp³-hybridized carbons (Fsp3) is 0.350. The first-order chi connectivity index (χ1) is 13.5. The largest absolute Gasteiger partial charge is 0.416 e. The molecular weight excluding hydrogens is 405 g/mol. The van der Waals surface area contributed by atoms with Crippen LogP contribution in [0.2, 0.25) is 0 Å². The quantitative estimate of drug-likeness (QED) is 0.753. The van der Waals surface area contributed by atoms with E-state index in [9.17, 15) is 26.4 Å². The fourth-order valence-corrected chi connectivity index (χ4v) is 4.73. The van der Waals surface area contributed by atoms with Crippen LogP contribution in [0.3, 0.4) is 0 Å². The van der Waals surface area contributed by atoms with E-state index >= 15 is 0 Å². The molecular formula is C20H21F3N2O3S. The predicted molar refractivity (Wildman–Crippen MR) is 104 cm³/mol. The van der Waals surface area contributed by atoms with Crippen molar-refractivity contribution in [2.75, 3.05) is 17.1 Å². The minimum absolute atomic E-state index is 0.194. The number of fused-ring (bicyclic) bond motifs is 1. The molecule has 2 aromatic rings. The number of nitrogens with zero attached hydrogens (tertiary/aromatic N) is 2. The lowest BCUT2D eigenvalue weighted by molar-refractivity contribution is -0.137. The molecule has 1 atom stereocenters. The number of anilines is 1. The molecule has 1 aliphatic heterocycles. The van der Waals surface area contributed by atoms with Crippen molar-refractivity contribution in [2.45, 2.75) is 32.1 Å². The third kappa shape index (κ3) is 4.55. The Morgan fingerprint density at radius 2 is 1.76 bits per heavy atom. The maximum Gasteiger partial charge on any atom is 0.416 e. The molecule has 0 unspecified atom stereocenters. The van der Waals surface area contributed by atoms with Crippen molar-refractivity contribution in [2.24, 2.45) is 0 Å². The maximum atomic E-state index is 13.1. The summed E-state index contributed by atoms with van der Waals surface area (Å²) >= 11 is 0. The van der Waals surface area contributed by atoms with Crippen molar-refractivity contribution in [3.63, 3.8) is 0 Å². The van der Waals surface area contributed by atoms with Gasteiger partial charge in [-0.3, -0.25) is 9.10 Å². The van der Waals surface area contributed by atoms with E-state index in [1.807, 2.05) is 24.3 Å². The standard InChI is InChI=1S/C20H21F3N2O3S/c1-14(19(26)24-11-10-15-6-3-4-7-16(15)13-24)25(29(2,27)28)18-9-5-8-17(12-18)20(21,22)23/h3-9,12,14H,10-11,13H2,1-2H3/t14-/m0/s1. The van der Waals surface area contributed by atoms with Gasteiger partial charge < -0.3 is 4.90 Å². The molecule has 0 saturated carbocycles. The zero-order valence-electron chi connectivity index (χ0n) is 16.0. The molecule has 156 valence electrons. The monoisotopic (exact) mass is 426 g/mol. The van der Waals surface area contributed by atoms with Crippen LogP contribution >= 0.6 is 0 Å². The van der Waals surface area contributed by atoms with Gasteiger partial charge in [0, 0.05) is 13.1 Å². The maximum absolute atomic E-state index is 13.1. The molecule has 0 saturated heterocycles. The average molecular weight is 426 g/mol. The molecule has 1 amide bonds. The molecule has 5 nitrogen and oxygen atoms in total. The van der Waals surface area contributed by atoms with Gasteiger partial charge in [0.1, 0.15) is 6.04 Å². The number of carbonyl (C=O) groups is 1. The number of amides is 1. The fourth-order valence-electron chi connectivity index (χ4n) is 3.57. The van der Waals surface area contributed by atoms with Gasteiger partial charge in [0.2, 0.25) is 15.9 Å². The van der Waals surface area contributed by atoms with Gasteiger partial charge in [-0.25, -0.2) is 8.42 Å². The van der Waals surface area contributed by atoms with Crippen LogP contribution in [-0.4, -0.2) is 38.1 Å². The van der Waals surface area contributed by atoms with E-state index < -0.39 is 33.7 Å². The van der Waals surface area contributed by atoms with Crippen molar-refractivity contribution < 1.29 is 26.4 Å². The van der Waals surface area contributed by atoms with Crippen LogP contribution in [-0.2, 0) is 34.0 Å². The molecule has 2 aromatic carbocycles. The minimum Gasteiger partial charge on any atom is -0.336 e. The van der Waals surface area contributed by atoms with Gasteiger partial charge in [-0.2, -0.15) is 13.2 Å². The van der Waals surface area contributed by atoms with Gasteiger partial charge in [-0.05, 0) is 42.7 Å². The topological polar surface area (TPSA) is 57.7 Å². The van der Waals surface area contributed by atoms with Crippen LogP contribution < -0.4 is 4.31 Å². The highest BCUT2D eigenvalue weighted by Crippen LogP contribution is 2.33. The van der Waals surface area contributed by atoms with Crippen molar-refractivity contribution in [1.82, 2.24) is 4.90 Å². The number of rotatable bonds is 4. The van der Waals surface area contributed by atoms with Gasteiger partial charge in [-0.15, -0.1) is 0 Å². The normalized spacial score (nSPS) is 15.6. The van der Waals surface area contributed by atoms with Gasteiger partial charge in [-0.1, -0.05) is 30.3 Å². The highest BCUT2D eigenvalue weighted by molar-refractivity contribution is 7.92. The predicted octanol–water partition coefficient (Wildman–Crippen LogP) is 3.44. The number of benzene rings is 2. The lowest BCUT2D eigenvalue weighted by atomic mass is 9.99. The first kappa shape index (κ1) is 21.2. The molecule has 1 heterocycles. The number of halogens is 3. The lowest BCUT2D eigenvalue weighted by Gasteiger charge is -2.35. The molecule has 0 N–H and O–H groups in total. The van der Waals surface area contributed by atoms with Crippen molar-refractivity contribution in [3.05, 3.63) is 65.2 Å². The summed E-state index contributed by atoms with van der Waals surface area (Å²) in [4.78, 5) is 14.6. The Labute approximate surface area is 167 Å². The summed E-state index contributed by atoms with van der Waals surface area (Å²) in [7, 11) is -4.01. The van der Waals surface area contributed by atoms with E-state index in [1.54, 1.807) is 4.90 Å². The van der Waals surface area contributed by atoms with Gasteiger partial charge in [0.25, 0.3) is 0 Å². The van der Waals surface area contributed by atoms with Crippen LogP contribution in [0.15, 0.2) is 48.5 Å². The molecule has 0 radical (unpaired) electrons. The highest BCUT2D eigenvalue weighted by Gasteiger charge is 2.35. The number of carbonyl (C=O) groups excluding carboxylic acids is 1.